The third kappa shape index (κ3) is 5.67. The van der Waals surface area contributed by atoms with E-state index in [2.05, 4.69) is 4.98 Å². The molecular formula is C30H30N2O8. The van der Waals surface area contributed by atoms with Crippen LogP contribution in [0.15, 0.2) is 78.0 Å². The lowest BCUT2D eigenvalue weighted by Gasteiger charge is -2.39. The summed E-state index contributed by atoms with van der Waals surface area (Å²) in [7, 11) is 0. The Bertz CT molecular complexity index is 1570. The molecule has 0 spiro atoms. The van der Waals surface area contributed by atoms with Gasteiger partial charge in [-0.2, -0.15) is 0 Å². The van der Waals surface area contributed by atoms with Crippen molar-refractivity contribution in [2.75, 3.05) is 6.61 Å². The molecule has 1 aliphatic rings. The number of aromatic nitrogens is 2. The lowest BCUT2D eigenvalue weighted by atomic mass is 9.99. The average molecular weight is 547 g/mol. The van der Waals surface area contributed by atoms with Crippen LogP contribution in [0.25, 0.3) is 21.9 Å². The second-order valence-electron chi connectivity index (χ2n) is 9.92. The molecule has 10 nitrogen and oxygen atoms in total. The van der Waals surface area contributed by atoms with Gasteiger partial charge in [0.2, 0.25) is 6.29 Å². The first-order chi connectivity index (χ1) is 19.2. The van der Waals surface area contributed by atoms with E-state index in [1.807, 2.05) is 24.3 Å². The highest BCUT2D eigenvalue weighted by Gasteiger charge is 2.44. The fraction of sp³-hybridized carbons (Fsp3) is 0.300. The summed E-state index contributed by atoms with van der Waals surface area (Å²) in [6.07, 6.45) is -1.80. The molecule has 10 heteroatoms. The van der Waals surface area contributed by atoms with Crippen LogP contribution in [0.3, 0.4) is 0 Å². The predicted molar refractivity (Wildman–Crippen MR) is 146 cm³/mol. The van der Waals surface area contributed by atoms with E-state index in [0.717, 1.165) is 22.1 Å². The number of benzene rings is 2. The minimum atomic E-state index is -1.54. The average Bonchev–Trinajstić information content (AvgIpc) is 2.96. The van der Waals surface area contributed by atoms with Crippen molar-refractivity contribution >= 4 is 16.6 Å². The van der Waals surface area contributed by atoms with Crippen LogP contribution >= 0.6 is 0 Å². The van der Waals surface area contributed by atoms with Crippen LogP contribution in [0.2, 0.25) is 0 Å². The molecule has 0 bridgehead atoms. The van der Waals surface area contributed by atoms with E-state index in [9.17, 15) is 30.0 Å². The van der Waals surface area contributed by atoms with Crippen LogP contribution in [0.4, 0.5) is 0 Å². The summed E-state index contributed by atoms with van der Waals surface area (Å²) < 4.78 is 12.6. The number of Topliss-reactive ketones (excluding diaryl/α,β-unsaturated/α-hetero) is 1. The van der Waals surface area contributed by atoms with Crippen LogP contribution in [-0.2, 0) is 22.5 Å². The number of aryl methyl sites for hydroxylation is 1. The van der Waals surface area contributed by atoms with Crippen LogP contribution in [-0.4, -0.2) is 73.1 Å². The molecule has 40 heavy (non-hydrogen) atoms. The first kappa shape index (κ1) is 27.6. The van der Waals surface area contributed by atoms with E-state index in [1.165, 1.54) is 4.57 Å². The van der Waals surface area contributed by atoms with E-state index in [0.29, 0.717) is 16.7 Å². The molecule has 4 N–H and O–H groups in total. The molecule has 5 rings (SSSR count). The Kier molecular flexibility index (Phi) is 8.06. The smallest absolute Gasteiger partial charge is 0.258 e. The zero-order valence-corrected chi connectivity index (χ0v) is 21.8. The van der Waals surface area contributed by atoms with Gasteiger partial charge in [-0.05, 0) is 71.0 Å². The molecule has 4 aromatic rings. The van der Waals surface area contributed by atoms with E-state index in [1.54, 1.807) is 55.8 Å². The van der Waals surface area contributed by atoms with E-state index < -0.39 is 37.3 Å². The largest absolute Gasteiger partial charge is 0.462 e. The number of aliphatic hydroxyl groups is 4. The van der Waals surface area contributed by atoms with Gasteiger partial charge in [0.15, 0.2) is 5.78 Å². The van der Waals surface area contributed by atoms with Crippen LogP contribution in [0.5, 0.6) is 5.75 Å². The van der Waals surface area contributed by atoms with Gasteiger partial charge in [-0.15, -0.1) is 0 Å². The van der Waals surface area contributed by atoms with Gasteiger partial charge in [-0.1, -0.05) is 18.2 Å². The molecule has 0 saturated carbocycles. The number of carbonyl (C=O) groups is 1. The number of pyridine rings is 2. The summed E-state index contributed by atoms with van der Waals surface area (Å²) in [6.45, 7) is 1.21. The molecule has 0 amide bonds. The van der Waals surface area contributed by atoms with Gasteiger partial charge < -0.3 is 34.5 Å². The zero-order chi connectivity index (χ0) is 28.4. The first-order valence-electron chi connectivity index (χ1n) is 12.9. The van der Waals surface area contributed by atoms with E-state index in [-0.39, 0.29) is 24.3 Å². The monoisotopic (exact) mass is 546 g/mol. The maximum absolute atomic E-state index is 13.3. The summed E-state index contributed by atoms with van der Waals surface area (Å²) >= 11 is 0. The van der Waals surface area contributed by atoms with Crippen molar-refractivity contribution in [2.45, 2.75) is 50.6 Å². The van der Waals surface area contributed by atoms with Gasteiger partial charge in [-0.3, -0.25) is 14.6 Å². The Balaban J connectivity index is 1.36. The summed E-state index contributed by atoms with van der Waals surface area (Å²) in [4.78, 5) is 29.8. The molecule has 0 radical (unpaired) electrons. The van der Waals surface area contributed by atoms with Crippen molar-refractivity contribution in [2.24, 2.45) is 0 Å². The Hall–Kier alpha value is -3.93. The Morgan fingerprint density at radius 1 is 0.975 bits per heavy atom. The van der Waals surface area contributed by atoms with Gasteiger partial charge in [0.1, 0.15) is 30.2 Å². The Labute approximate surface area is 229 Å². The molecule has 5 atom stereocenters. The summed E-state index contributed by atoms with van der Waals surface area (Å²) in [6, 6.07) is 16.2. The molecule has 2 aromatic carbocycles. The number of ketones is 1. The first-order valence-corrected chi connectivity index (χ1v) is 12.9. The summed E-state index contributed by atoms with van der Waals surface area (Å²) in [5.41, 5.74) is 2.87. The molecule has 0 aliphatic carbocycles. The molecule has 208 valence electrons. The van der Waals surface area contributed by atoms with Crippen molar-refractivity contribution in [3.05, 3.63) is 94.7 Å². The normalized spacial score (nSPS) is 22.8. The van der Waals surface area contributed by atoms with Gasteiger partial charge in [-0.25, -0.2) is 0 Å². The quantitative estimate of drug-likeness (QED) is 0.257. The van der Waals surface area contributed by atoms with Crippen molar-refractivity contribution in [3.63, 3.8) is 0 Å². The number of nitrogens with zero attached hydrogens (tertiary/aromatic N) is 2. The molecule has 1 saturated heterocycles. The minimum absolute atomic E-state index is 0.0373. The van der Waals surface area contributed by atoms with Gasteiger partial charge in [0.05, 0.1) is 13.2 Å². The SMILES string of the molecule is Cc1cc(-c2ccc3ccn(CC(=O)Cc4ccncc4)c(=O)c3c2)ccc1OC1OC(CO)C(O)C(O)C1O. The molecule has 1 fully saturated rings. The van der Waals surface area contributed by atoms with E-state index >= 15 is 0 Å². The van der Waals surface area contributed by atoms with Crippen molar-refractivity contribution in [3.8, 4) is 16.9 Å². The molecule has 1 aliphatic heterocycles. The number of hydrogen-bond donors (Lipinski definition) is 4. The van der Waals surface area contributed by atoms with Gasteiger partial charge in [0.25, 0.3) is 5.56 Å². The number of rotatable bonds is 8. The third-order valence-electron chi connectivity index (χ3n) is 7.08. The lowest BCUT2D eigenvalue weighted by molar-refractivity contribution is -0.277. The van der Waals surface area contributed by atoms with Gasteiger partial charge >= 0.3 is 0 Å². The second kappa shape index (κ2) is 11.7. The lowest BCUT2D eigenvalue weighted by Crippen LogP contribution is -2.60. The minimum Gasteiger partial charge on any atom is -0.462 e. The van der Waals surface area contributed by atoms with Crippen LogP contribution < -0.4 is 10.3 Å². The summed E-state index contributed by atoms with van der Waals surface area (Å²) in [5.74, 6) is 0.290. The van der Waals surface area contributed by atoms with Crippen molar-refractivity contribution in [1.29, 1.82) is 0 Å². The zero-order valence-electron chi connectivity index (χ0n) is 21.8. The fourth-order valence-electron chi connectivity index (χ4n) is 4.81. The predicted octanol–water partition coefficient (Wildman–Crippen LogP) is 1.36. The van der Waals surface area contributed by atoms with E-state index in [4.69, 9.17) is 9.47 Å². The number of carbonyl (C=O) groups excluding carboxylic acids is 1. The van der Waals surface area contributed by atoms with Crippen molar-refractivity contribution < 1.29 is 34.7 Å². The molecule has 5 unspecified atom stereocenters. The number of ether oxygens (including phenoxy) is 2. The second-order valence-corrected chi connectivity index (χ2v) is 9.92. The van der Waals surface area contributed by atoms with Crippen molar-refractivity contribution in [1.82, 2.24) is 9.55 Å². The maximum Gasteiger partial charge on any atom is 0.258 e. The maximum atomic E-state index is 13.3. The molecular weight excluding hydrogens is 516 g/mol. The Morgan fingerprint density at radius 2 is 1.70 bits per heavy atom. The van der Waals surface area contributed by atoms with Gasteiger partial charge in [0, 0.05) is 30.4 Å². The van der Waals surface area contributed by atoms with Crippen LogP contribution in [0.1, 0.15) is 11.1 Å². The molecule has 3 heterocycles. The highest BCUT2D eigenvalue weighted by Crippen LogP contribution is 2.30. The van der Waals surface area contributed by atoms with Crippen LogP contribution in [0, 0.1) is 6.92 Å². The Morgan fingerprint density at radius 3 is 2.42 bits per heavy atom. The summed E-state index contributed by atoms with van der Waals surface area (Å²) in [5, 5.41) is 40.9. The topological polar surface area (TPSA) is 151 Å². The highest BCUT2D eigenvalue weighted by atomic mass is 16.7. The highest BCUT2D eigenvalue weighted by molar-refractivity contribution is 5.87. The third-order valence-corrected chi connectivity index (χ3v) is 7.08. The standard InChI is InChI=1S/C30H30N2O8/c1-17-12-20(4-5-24(17)39-30-28(37)27(36)26(35)25(16-33)40-30)21-3-2-19-8-11-32(29(38)23(19)14-21)15-22(34)13-18-6-9-31-10-7-18/h2-12,14,25-28,30,33,35-37H,13,15-16H2,1H3. The molecule has 2 aromatic heterocycles. The fourth-order valence-corrected chi connectivity index (χ4v) is 4.81. The number of aliphatic hydroxyl groups excluding tert-OH is 4. The number of fused-ring (bicyclic) bond motifs is 1. The number of hydrogen-bond acceptors (Lipinski definition) is 9.